The summed E-state index contributed by atoms with van der Waals surface area (Å²) in [5.41, 5.74) is 11.5. The molecule has 0 aliphatic heterocycles. The molecule has 1 aromatic carbocycles. The first-order chi connectivity index (χ1) is 8.51. The second-order valence-electron chi connectivity index (χ2n) is 3.34. The zero-order chi connectivity index (χ0) is 13.3. The zero-order valence-electron chi connectivity index (χ0n) is 9.32. The Balaban J connectivity index is 2.60. The van der Waals surface area contributed by atoms with Crippen LogP contribution in [0.2, 0.25) is 10.0 Å². The van der Waals surface area contributed by atoms with Crippen molar-refractivity contribution in [2.75, 3.05) is 18.6 Å². The molecule has 0 atom stereocenters. The number of aromatic nitrogens is 3. The summed E-state index contributed by atoms with van der Waals surface area (Å²) in [4.78, 5) is 11.6. The van der Waals surface area contributed by atoms with Crippen LogP contribution in [0, 0.1) is 0 Å². The number of nitrogens with two attached hydrogens (primary N) is 2. The Bertz CT molecular complexity index is 585. The minimum absolute atomic E-state index is 0.0144. The molecule has 1 heterocycles. The number of ether oxygens (including phenoxy) is 1. The Morgan fingerprint density at radius 1 is 1.00 bits per heavy atom. The quantitative estimate of drug-likeness (QED) is 0.876. The van der Waals surface area contributed by atoms with Gasteiger partial charge in [-0.25, -0.2) is 0 Å². The molecule has 0 radical (unpaired) electrons. The number of methoxy groups -OCH3 is 1. The van der Waals surface area contributed by atoms with E-state index < -0.39 is 0 Å². The van der Waals surface area contributed by atoms with Crippen LogP contribution in [0.3, 0.4) is 0 Å². The number of hydrogen-bond acceptors (Lipinski definition) is 6. The molecule has 1 aromatic heterocycles. The van der Waals surface area contributed by atoms with Crippen LogP contribution in [0.15, 0.2) is 12.1 Å². The Hall–Kier alpha value is -1.79. The molecule has 0 fully saturated rings. The second kappa shape index (κ2) is 4.83. The van der Waals surface area contributed by atoms with Crippen molar-refractivity contribution in [3.63, 3.8) is 0 Å². The van der Waals surface area contributed by atoms with Crippen molar-refractivity contribution in [3.8, 4) is 17.1 Å². The third kappa shape index (κ3) is 2.39. The standard InChI is InChI=1S/C10H9Cl2N5O/c1-18-7-3-5(11)4(2-6(7)12)8-15-9(13)17-10(14)16-8/h2-3H,1H3,(H4,13,14,15,16,17). The van der Waals surface area contributed by atoms with E-state index in [4.69, 9.17) is 39.4 Å². The van der Waals surface area contributed by atoms with Crippen LogP contribution in [0.5, 0.6) is 5.75 Å². The number of nitrogen functional groups attached to an aromatic ring is 2. The third-order valence-corrected chi connectivity index (χ3v) is 2.76. The van der Waals surface area contributed by atoms with E-state index in [9.17, 15) is 0 Å². The molecule has 0 spiro atoms. The number of halogens is 2. The Labute approximate surface area is 113 Å². The topological polar surface area (TPSA) is 99.9 Å². The number of benzene rings is 1. The molecule has 2 rings (SSSR count). The van der Waals surface area contributed by atoms with E-state index in [0.717, 1.165) is 0 Å². The maximum atomic E-state index is 6.10. The fourth-order valence-electron chi connectivity index (χ4n) is 1.39. The van der Waals surface area contributed by atoms with Crippen LogP contribution < -0.4 is 16.2 Å². The molecule has 0 amide bonds. The van der Waals surface area contributed by atoms with E-state index in [-0.39, 0.29) is 17.7 Å². The molecule has 0 bridgehead atoms. The largest absolute Gasteiger partial charge is 0.495 e. The van der Waals surface area contributed by atoms with Crippen LogP contribution in [0.25, 0.3) is 11.4 Å². The predicted molar refractivity (Wildman–Crippen MR) is 70.7 cm³/mol. The number of rotatable bonds is 2. The molecular weight excluding hydrogens is 277 g/mol. The zero-order valence-corrected chi connectivity index (χ0v) is 10.8. The van der Waals surface area contributed by atoms with Crippen molar-refractivity contribution in [1.29, 1.82) is 0 Å². The van der Waals surface area contributed by atoms with Gasteiger partial charge in [-0.3, -0.25) is 0 Å². The van der Waals surface area contributed by atoms with Gasteiger partial charge < -0.3 is 16.2 Å². The summed E-state index contributed by atoms with van der Waals surface area (Å²) in [6, 6.07) is 3.15. The fourth-order valence-corrected chi connectivity index (χ4v) is 1.87. The molecule has 0 unspecified atom stereocenters. The van der Waals surface area contributed by atoms with Gasteiger partial charge in [0.25, 0.3) is 0 Å². The molecule has 4 N–H and O–H groups in total. The number of nitrogens with zero attached hydrogens (tertiary/aromatic N) is 3. The molecule has 0 aliphatic rings. The fraction of sp³-hybridized carbons (Fsp3) is 0.100. The van der Waals surface area contributed by atoms with E-state index >= 15 is 0 Å². The average Bonchev–Trinajstić information content (AvgIpc) is 2.30. The molecule has 0 saturated carbocycles. The van der Waals surface area contributed by atoms with Crippen LogP contribution >= 0.6 is 23.2 Å². The van der Waals surface area contributed by atoms with E-state index in [0.29, 0.717) is 21.4 Å². The van der Waals surface area contributed by atoms with Crippen molar-refractivity contribution in [2.45, 2.75) is 0 Å². The molecule has 94 valence electrons. The lowest BCUT2D eigenvalue weighted by molar-refractivity contribution is 0.415. The first-order valence-corrected chi connectivity index (χ1v) is 5.57. The summed E-state index contributed by atoms with van der Waals surface area (Å²) >= 11 is 12.1. The first-order valence-electron chi connectivity index (χ1n) is 4.81. The van der Waals surface area contributed by atoms with Gasteiger partial charge in [-0.1, -0.05) is 23.2 Å². The lowest BCUT2D eigenvalue weighted by Gasteiger charge is -2.08. The summed E-state index contributed by atoms with van der Waals surface area (Å²) in [7, 11) is 1.50. The molecule has 18 heavy (non-hydrogen) atoms. The van der Waals surface area contributed by atoms with Gasteiger partial charge in [-0.05, 0) is 6.07 Å². The lowest BCUT2D eigenvalue weighted by Crippen LogP contribution is -2.04. The van der Waals surface area contributed by atoms with Gasteiger partial charge in [0, 0.05) is 11.6 Å². The maximum absolute atomic E-state index is 6.10. The van der Waals surface area contributed by atoms with Crippen molar-refractivity contribution in [3.05, 3.63) is 22.2 Å². The van der Waals surface area contributed by atoms with Crippen molar-refractivity contribution in [2.24, 2.45) is 0 Å². The van der Waals surface area contributed by atoms with Gasteiger partial charge in [0.05, 0.1) is 17.2 Å². The van der Waals surface area contributed by atoms with Gasteiger partial charge in [-0.15, -0.1) is 0 Å². The van der Waals surface area contributed by atoms with Gasteiger partial charge in [0.15, 0.2) is 5.82 Å². The summed E-state index contributed by atoms with van der Waals surface area (Å²) in [5.74, 6) is 0.746. The van der Waals surface area contributed by atoms with Crippen LogP contribution in [0.4, 0.5) is 11.9 Å². The highest BCUT2D eigenvalue weighted by Crippen LogP contribution is 2.35. The smallest absolute Gasteiger partial charge is 0.225 e. The number of hydrogen-bond donors (Lipinski definition) is 2. The Morgan fingerprint density at radius 3 is 2.17 bits per heavy atom. The van der Waals surface area contributed by atoms with Crippen LogP contribution in [0.1, 0.15) is 0 Å². The van der Waals surface area contributed by atoms with E-state index in [2.05, 4.69) is 15.0 Å². The predicted octanol–water partition coefficient (Wildman–Crippen LogP) is 2.02. The first kappa shape index (κ1) is 12.7. The minimum atomic E-state index is 0.0144. The maximum Gasteiger partial charge on any atom is 0.225 e. The van der Waals surface area contributed by atoms with Crippen LogP contribution in [-0.2, 0) is 0 Å². The second-order valence-corrected chi connectivity index (χ2v) is 4.16. The minimum Gasteiger partial charge on any atom is -0.495 e. The summed E-state index contributed by atoms with van der Waals surface area (Å²) in [6.45, 7) is 0. The van der Waals surface area contributed by atoms with E-state index in [1.165, 1.54) is 7.11 Å². The van der Waals surface area contributed by atoms with E-state index in [1.54, 1.807) is 12.1 Å². The normalized spacial score (nSPS) is 10.4. The monoisotopic (exact) mass is 285 g/mol. The molecule has 0 saturated heterocycles. The van der Waals surface area contributed by atoms with Gasteiger partial charge >= 0.3 is 0 Å². The highest BCUT2D eigenvalue weighted by atomic mass is 35.5. The molecule has 2 aromatic rings. The van der Waals surface area contributed by atoms with Crippen LogP contribution in [-0.4, -0.2) is 22.1 Å². The highest BCUT2D eigenvalue weighted by molar-refractivity contribution is 6.36. The highest BCUT2D eigenvalue weighted by Gasteiger charge is 2.13. The van der Waals surface area contributed by atoms with Crippen molar-refractivity contribution >= 4 is 35.1 Å². The van der Waals surface area contributed by atoms with Crippen molar-refractivity contribution < 1.29 is 4.74 Å². The van der Waals surface area contributed by atoms with E-state index in [1.807, 2.05) is 0 Å². The summed E-state index contributed by atoms with van der Waals surface area (Å²) < 4.78 is 5.05. The average molecular weight is 286 g/mol. The molecular formula is C10H9Cl2N5O. The Morgan fingerprint density at radius 2 is 1.61 bits per heavy atom. The van der Waals surface area contributed by atoms with Crippen molar-refractivity contribution in [1.82, 2.24) is 15.0 Å². The van der Waals surface area contributed by atoms with Gasteiger partial charge in [-0.2, -0.15) is 15.0 Å². The molecule has 0 aliphatic carbocycles. The summed E-state index contributed by atoms with van der Waals surface area (Å²) in [6.07, 6.45) is 0. The molecule has 8 heteroatoms. The Kier molecular flexibility index (Phi) is 3.40. The van der Waals surface area contributed by atoms with Gasteiger partial charge in [0.2, 0.25) is 11.9 Å². The lowest BCUT2D eigenvalue weighted by atomic mass is 10.2. The van der Waals surface area contributed by atoms with Gasteiger partial charge in [0.1, 0.15) is 5.75 Å². The summed E-state index contributed by atoms with van der Waals surface area (Å²) in [5, 5.41) is 0.760. The molecule has 6 nitrogen and oxygen atoms in total. The SMILES string of the molecule is COc1cc(Cl)c(-c2nc(N)nc(N)n2)cc1Cl. The number of anilines is 2. The third-order valence-electron chi connectivity index (χ3n) is 2.15.